The lowest BCUT2D eigenvalue weighted by Crippen LogP contribution is -2.11. The molecular formula is C15H15F2NO. The van der Waals surface area contributed by atoms with Crippen molar-refractivity contribution in [2.75, 3.05) is 18.5 Å². The van der Waals surface area contributed by atoms with Crippen molar-refractivity contribution in [3.63, 3.8) is 0 Å². The van der Waals surface area contributed by atoms with E-state index in [1.165, 1.54) is 18.2 Å². The zero-order chi connectivity index (χ0) is 13.7. The molecule has 0 saturated carbocycles. The molecule has 0 amide bonds. The Morgan fingerprint density at radius 3 is 2.47 bits per heavy atom. The van der Waals surface area contributed by atoms with Gasteiger partial charge in [-0.05, 0) is 42.8 Å². The maximum atomic E-state index is 13.3. The molecule has 19 heavy (non-hydrogen) atoms. The number of rotatable bonds is 5. The summed E-state index contributed by atoms with van der Waals surface area (Å²) in [5, 5.41) is 3.08. The van der Waals surface area contributed by atoms with Crippen LogP contribution in [0.1, 0.15) is 5.56 Å². The molecule has 2 rings (SSSR count). The first kappa shape index (κ1) is 13.3. The molecule has 2 aromatic carbocycles. The molecule has 2 nitrogen and oxygen atoms in total. The lowest BCUT2D eigenvalue weighted by Gasteiger charge is -2.09. The van der Waals surface area contributed by atoms with Crippen molar-refractivity contribution in [1.29, 1.82) is 0 Å². The van der Waals surface area contributed by atoms with Crippen LogP contribution in [0.25, 0.3) is 0 Å². The van der Waals surface area contributed by atoms with Gasteiger partial charge >= 0.3 is 0 Å². The first-order valence-corrected chi connectivity index (χ1v) is 6.03. The second kappa shape index (κ2) is 6.18. The zero-order valence-electron chi connectivity index (χ0n) is 10.6. The number of ether oxygens (including phenoxy) is 1. The SMILES string of the molecule is Cc1ccc(OCCNc2ccc(F)cc2)cc1F. The summed E-state index contributed by atoms with van der Waals surface area (Å²) in [4.78, 5) is 0. The molecule has 0 atom stereocenters. The fourth-order valence-corrected chi connectivity index (χ4v) is 1.60. The molecule has 0 aliphatic heterocycles. The van der Waals surface area contributed by atoms with Crippen LogP contribution in [0, 0.1) is 18.6 Å². The molecule has 0 aliphatic rings. The Kier molecular flexibility index (Phi) is 4.34. The highest BCUT2D eigenvalue weighted by Crippen LogP contribution is 2.15. The number of aryl methyl sites for hydroxylation is 1. The quantitative estimate of drug-likeness (QED) is 0.829. The van der Waals surface area contributed by atoms with Crippen LogP contribution in [0.15, 0.2) is 42.5 Å². The number of nitrogens with one attached hydrogen (secondary N) is 1. The van der Waals surface area contributed by atoms with Gasteiger partial charge in [-0.2, -0.15) is 0 Å². The number of hydrogen-bond acceptors (Lipinski definition) is 2. The molecule has 0 fully saturated rings. The van der Waals surface area contributed by atoms with Gasteiger partial charge in [0, 0.05) is 18.3 Å². The largest absolute Gasteiger partial charge is 0.492 e. The summed E-state index contributed by atoms with van der Waals surface area (Å²) in [6.07, 6.45) is 0. The van der Waals surface area contributed by atoms with Gasteiger partial charge in [-0.1, -0.05) is 6.07 Å². The molecule has 0 aromatic heterocycles. The van der Waals surface area contributed by atoms with Crippen LogP contribution in [0.2, 0.25) is 0 Å². The van der Waals surface area contributed by atoms with Crippen LogP contribution in [0.3, 0.4) is 0 Å². The van der Waals surface area contributed by atoms with Crippen LogP contribution >= 0.6 is 0 Å². The molecule has 0 bridgehead atoms. The highest BCUT2D eigenvalue weighted by atomic mass is 19.1. The summed E-state index contributed by atoms with van der Waals surface area (Å²) in [7, 11) is 0. The lowest BCUT2D eigenvalue weighted by atomic mass is 10.2. The smallest absolute Gasteiger partial charge is 0.129 e. The van der Waals surface area contributed by atoms with E-state index in [1.54, 1.807) is 31.2 Å². The van der Waals surface area contributed by atoms with E-state index in [1.807, 2.05) is 0 Å². The molecule has 1 N–H and O–H groups in total. The van der Waals surface area contributed by atoms with Crippen molar-refractivity contribution in [3.05, 3.63) is 59.7 Å². The van der Waals surface area contributed by atoms with Crippen LogP contribution in [0.5, 0.6) is 5.75 Å². The molecule has 4 heteroatoms. The Hall–Kier alpha value is -2.10. The van der Waals surface area contributed by atoms with Crippen molar-refractivity contribution in [1.82, 2.24) is 0 Å². The third-order valence-electron chi connectivity index (χ3n) is 2.69. The normalized spacial score (nSPS) is 10.3. The van der Waals surface area contributed by atoms with Gasteiger partial charge in [-0.3, -0.25) is 0 Å². The third kappa shape index (κ3) is 3.95. The van der Waals surface area contributed by atoms with E-state index in [4.69, 9.17) is 4.74 Å². The van der Waals surface area contributed by atoms with Gasteiger partial charge in [-0.25, -0.2) is 8.78 Å². The summed E-state index contributed by atoms with van der Waals surface area (Å²) >= 11 is 0. The van der Waals surface area contributed by atoms with Gasteiger partial charge < -0.3 is 10.1 Å². The van der Waals surface area contributed by atoms with Crippen molar-refractivity contribution in [3.8, 4) is 5.75 Å². The molecule has 0 aliphatic carbocycles. The van der Waals surface area contributed by atoms with Gasteiger partial charge in [0.05, 0.1) is 0 Å². The van der Waals surface area contributed by atoms with Gasteiger partial charge in [0.25, 0.3) is 0 Å². The average molecular weight is 263 g/mol. The first-order chi connectivity index (χ1) is 9.15. The molecular weight excluding hydrogens is 248 g/mol. The topological polar surface area (TPSA) is 21.3 Å². The fraction of sp³-hybridized carbons (Fsp3) is 0.200. The second-order valence-corrected chi connectivity index (χ2v) is 4.19. The Bertz CT molecular complexity index is 540. The number of hydrogen-bond donors (Lipinski definition) is 1. The van der Waals surface area contributed by atoms with Gasteiger partial charge in [0.15, 0.2) is 0 Å². The van der Waals surface area contributed by atoms with Crippen LogP contribution in [0.4, 0.5) is 14.5 Å². The van der Waals surface area contributed by atoms with E-state index in [9.17, 15) is 8.78 Å². The van der Waals surface area contributed by atoms with Crippen LogP contribution in [-0.2, 0) is 0 Å². The summed E-state index contributed by atoms with van der Waals surface area (Å²) in [6.45, 7) is 2.66. The summed E-state index contributed by atoms with van der Waals surface area (Å²) in [5.41, 5.74) is 1.41. The van der Waals surface area contributed by atoms with Crippen molar-refractivity contribution in [2.45, 2.75) is 6.92 Å². The van der Waals surface area contributed by atoms with Crippen molar-refractivity contribution in [2.24, 2.45) is 0 Å². The van der Waals surface area contributed by atoms with Crippen LogP contribution in [-0.4, -0.2) is 13.2 Å². The maximum Gasteiger partial charge on any atom is 0.129 e. The molecule has 2 aromatic rings. The average Bonchev–Trinajstić information content (AvgIpc) is 2.41. The zero-order valence-corrected chi connectivity index (χ0v) is 10.6. The summed E-state index contributed by atoms with van der Waals surface area (Å²) in [6, 6.07) is 10.9. The molecule has 0 unspecified atom stereocenters. The van der Waals surface area contributed by atoms with Crippen LogP contribution < -0.4 is 10.1 Å². The van der Waals surface area contributed by atoms with Crippen molar-refractivity contribution < 1.29 is 13.5 Å². The van der Waals surface area contributed by atoms with E-state index in [0.29, 0.717) is 24.5 Å². The van der Waals surface area contributed by atoms with E-state index in [-0.39, 0.29) is 11.6 Å². The summed E-state index contributed by atoms with van der Waals surface area (Å²) in [5.74, 6) is -0.0371. The van der Waals surface area contributed by atoms with E-state index < -0.39 is 0 Å². The minimum absolute atomic E-state index is 0.267. The third-order valence-corrected chi connectivity index (χ3v) is 2.69. The Labute approximate surface area is 111 Å². The predicted octanol–water partition coefficient (Wildman–Crippen LogP) is 3.76. The first-order valence-electron chi connectivity index (χ1n) is 6.03. The number of benzene rings is 2. The van der Waals surface area contributed by atoms with E-state index >= 15 is 0 Å². The monoisotopic (exact) mass is 263 g/mol. The summed E-state index contributed by atoms with van der Waals surface area (Å²) < 4.78 is 31.3. The minimum Gasteiger partial charge on any atom is -0.492 e. The predicted molar refractivity (Wildman–Crippen MR) is 71.5 cm³/mol. The van der Waals surface area contributed by atoms with Gasteiger partial charge in [0.2, 0.25) is 0 Å². The highest BCUT2D eigenvalue weighted by molar-refractivity contribution is 5.42. The van der Waals surface area contributed by atoms with Gasteiger partial charge in [0.1, 0.15) is 24.0 Å². The van der Waals surface area contributed by atoms with E-state index in [2.05, 4.69) is 5.32 Å². The minimum atomic E-state index is -0.274. The second-order valence-electron chi connectivity index (χ2n) is 4.19. The molecule has 0 saturated heterocycles. The van der Waals surface area contributed by atoms with Crippen molar-refractivity contribution >= 4 is 5.69 Å². The fourth-order valence-electron chi connectivity index (χ4n) is 1.60. The standard InChI is InChI=1S/C15H15F2NO/c1-11-2-7-14(10-15(11)17)19-9-8-18-13-5-3-12(16)4-6-13/h2-7,10,18H,8-9H2,1H3. The molecule has 100 valence electrons. The Balaban J connectivity index is 1.77. The molecule has 0 heterocycles. The molecule has 0 spiro atoms. The highest BCUT2D eigenvalue weighted by Gasteiger charge is 2.00. The van der Waals surface area contributed by atoms with E-state index in [0.717, 1.165) is 5.69 Å². The number of halogens is 2. The van der Waals surface area contributed by atoms with Gasteiger partial charge in [-0.15, -0.1) is 0 Å². The molecule has 0 radical (unpaired) electrons. The number of anilines is 1. The maximum absolute atomic E-state index is 13.3. The Morgan fingerprint density at radius 2 is 1.79 bits per heavy atom. The lowest BCUT2D eigenvalue weighted by molar-refractivity contribution is 0.331. The Morgan fingerprint density at radius 1 is 1.05 bits per heavy atom.